The van der Waals surface area contributed by atoms with Crippen LogP contribution in [-0.4, -0.2) is 31.3 Å². The fourth-order valence-corrected chi connectivity index (χ4v) is 1.83. The number of hydrogen-bond donors (Lipinski definition) is 2. The van der Waals surface area contributed by atoms with Crippen LogP contribution in [0, 0.1) is 5.92 Å². The van der Waals surface area contributed by atoms with Crippen molar-refractivity contribution in [2.75, 3.05) is 13.2 Å². The van der Waals surface area contributed by atoms with Crippen LogP contribution in [0.15, 0.2) is 0 Å². The van der Waals surface area contributed by atoms with Crippen LogP contribution in [0.4, 0.5) is 13.2 Å². The Hall–Kier alpha value is -0.820. The maximum absolute atomic E-state index is 11.8. The number of carbonyl (C=O) groups is 1. The Kier molecular flexibility index (Phi) is 5.20. The minimum atomic E-state index is -4.43. The Bertz CT molecular complexity index is 258. The van der Waals surface area contributed by atoms with E-state index in [9.17, 15) is 18.0 Å². The van der Waals surface area contributed by atoms with Gasteiger partial charge in [-0.2, -0.15) is 13.2 Å². The minimum absolute atomic E-state index is 0.439. The highest BCUT2D eigenvalue weighted by atomic mass is 19.4. The van der Waals surface area contributed by atoms with Gasteiger partial charge in [0.15, 0.2) is 6.61 Å². The van der Waals surface area contributed by atoms with Crippen molar-refractivity contribution < 1.29 is 22.8 Å². The van der Waals surface area contributed by atoms with Crippen LogP contribution in [0.25, 0.3) is 0 Å². The molecule has 0 spiro atoms. The van der Waals surface area contributed by atoms with Crippen molar-refractivity contribution in [1.29, 1.82) is 0 Å². The van der Waals surface area contributed by atoms with Crippen LogP contribution in [0.1, 0.15) is 26.2 Å². The molecule has 7 heteroatoms. The van der Waals surface area contributed by atoms with Gasteiger partial charge in [0.1, 0.15) is 0 Å². The lowest BCUT2D eigenvalue weighted by molar-refractivity contribution is -0.192. The van der Waals surface area contributed by atoms with E-state index in [-0.39, 0.29) is 0 Å². The van der Waals surface area contributed by atoms with Crippen molar-refractivity contribution in [3.63, 3.8) is 0 Å². The molecule has 1 fully saturated rings. The fraction of sp³-hybridized carbons (Fsp3) is 0.900. The van der Waals surface area contributed by atoms with Gasteiger partial charge in [-0.05, 0) is 25.3 Å². The third kappa shape index (κ3) is 5.36. The van der Waals surface area contributed by atoms with Gasteiger partial charge in [0, 0.05) is 0 Å². The second-order valence-electron chi connectivity index (χ2n) is 4.18. The average molecular weight is 254 g/mol. The number of halogens is 3. The molecule has 1 aliphatic heterocycles. The van der Waals surface area contributed by atoms with E-state index >= 15 is 0 Å². The van der Waals surface area contributed by atoms with Crippen molar-refractivity contribution in [3.8, 4) is 0 Å². The van der Waals surface area contributed by atoms with E-state index in [1.807, 2.05) is 12.4 Å². The molecular weight excluding hydrogens is 237 g/mol. The molecule has 1 saturated heterocycles. The van der Waals surface area contributed by atoms with Crippen molar-refractivity contribution in [2.45, 2.75) is 38.4 Å². The van der Waals surface area contributed by atoms with E-state index < -0.39 is 24.7 Å². The summed E-state index contributed by atoms with van der Waals surface area (Å²) in [6.45, 7) is 1.27. The van der Waals surface area contributed by atoms with Gasteiger partial charge in [-0.3, -0.25) is 9.63 Å². The zero-order valence-corrected chi connectivity index (χ0v) is 9.64. The molecule has 0 saturated carbocycles. The molecule has 0 aliphatic carbocycles. The molecule has 17 heavy (non-hydrogen) atoms. The first-order chi connectivity index (χ1) is 7.92. The van der Waals surface area contributed by atoms with E-state index in [0.29, 0.717) is 18.9 Å². The van der Waals surface area contributed by atoms with Crippen LogP contribution in [0.3, 0.4) is 0 Å². The summed E-state index contributed by atoms with van der Waals surface area (Å²) >= 11 is 0. The maximum atomic E-state index is 11.8. The van der Waals surface area contributed by atoms with E-state index in [4.69, 9.17) is 0 Å². The lowest BCUT2D eigenvalue weighted by Crippen LogP contribution is -2.49. The monoisotopic (exact) mass is 254 g/mol. The van der Waals surface area contributed by atoms with Gasteiger partial charge in [-0.1, -0.05) is 13.3 Å². The van der Waals surface area contributed by atoms with Gasteiger partial charge in [0.2, 0.25) is 0 Å². The van der Waals surface area contributed by atoms with Crippen molar-refractivity contribution in [2.24, 2.45) is 5.92 Å². The molecule has 2 atom stereocenters. The van der Waals surface area contributed by atoms with Gasteiger partial charge < -0.3 is 5.32 Å². The molecule has 1 aliphatic rings. The summed E-state index contributed by atoms with van der Waals surface area (Å²) < 4.78 is 35.3. The second-order valence-corrected chi connectivity index (χ2v) is 4.18. The Morgan fingerprint density at radius 2 is 2.24 bits per heavy atom. The molecule has 0 aromatic rings. The van der Waals surface area contributed by atoms with Crippen LogP contribution in [-0.2, 0) is 9.63 Å². The summed E-state index contributed by atoms with van der Waals surface area (Å²) in [5.41, 5.74) is 1.83. The molecule has 4 nitrogen and oxygen atoms in total. The lowest BCUT2D eigenvalue weighted by Gasteiger charge is -2.28. The standard InChI is InChI=1S/C10H17F3N2O2/c1-2-7-3-4-14-8(5-7)9(16)15-17-6-10(11,12)13/h7-8,14H,2-6H2,1H3,(H,15,16). The molecule has 0 radical (unpaired) electrons. The predicted octanol–water partition coefficient (Wildman–Crippen LogP) is 1.37. The fourth-order valence-electron chi connectivity index (χ4n) is 1.83. The normalized spacial score (nSPS) is 25.6. The van der Waals surface area contributed by atoms with Gasteiger partial charge >= 0.3 is 6.18 Å². The first-order valence-electron chi connectivity index (χ1n) is 5.64. The van der Waals surface area contributed by atoms with Gasteiger partial charge in [0.25, 0.3) is 5.91 Å². The van der Waals surface area contributed by atoms with Crippen LogP contribution in [0.2, 0.25) is 0 Å². The summed E-state index contributed by atoms with van der Waals surface area (Å²) in [5, 5.41) is 2.96. The molecule has 1 heterocycles. The molecule has 0 aromatic heterocycles. The average Bonchev–Trinajstić information content (AvgIpc) is 2.27. The number of hydrogen-bond acceptors (Lipinski definition) is 3. The second kappa shape index (κ2) is 6.20. The summed E-state index contributed by atoms with van der Waals surface area (Å²) in [7, 11) is 0. The van der Waals surface area contributed by atoms with Crippen LogP contribution >= 0.6 is 0 Å². The van der Waals surface area contributed by atoms with Crippen LogP contribution in [0.5, 0.6) is 0 Å². The molecule has 1 rings (SSSR count). The lowest BCUT2D eigenvalue weighted by atomic mass is 9.90. The summed E-state index contributed by atoms with van der Waals surface area (Å²) in [6, 6.07) is -0.457. The molecule has 100 valence electrons. The number of amides is 1. The third-order valence-electron chi connectivity index (χ3n) is 2.81. The maximum Gasteiger partial charge on any atom is 0.414 e. The first kappa shape index (κ1) is 14.2. The minimum Gasteiger partial charge on any atom is -0.306 e. The largest absolute Gasteiger partial charge is 0.414 e. The van der Waals surface area contributed by atoms with Gasteiger partial charge in [-0.15, -0.1) is 0 Å². The van der Waals surface area contributed by atoms with Crippen molar-refractivity contribution >= 4 is 5.91 Å². The summed E-state index contributed by atoms with van der Waals surface area (Å²) in [6.07, 6.45) is -1.84. The molecule has 1 amide bonds. The SMILES string of the molecule is CCC1CCNC(C(=O)NOCC(F)(F)F)C1. The van der Waals surface area contributed by atoms with E-state index in [1.54, 1.807) is 0 Å². The van der Waals surface area contributed by atoms with Gasteiger partial charge in [0.05, 0.1) is 6.04 Å². The number of carbonyl (C=O) groups excluding carboxylic acids is 1. The Labute approximate surface area is 97.8 Å². The van der Waals surface area contributed by atoms with Crippen molar-refractivity contribution in [1.82, 2.24) is 10.8 Å². The zero-order chi connectivity index (χ0) is 12.9. The van der Waals surface area contributed by atoms with Crippen LogP contribution < -0.4 is 10.8 Å². The number of alkyl halides is 3. The van der Waals surface area contributed by atoms with E-state index in [1.165, 1.54) is 0 Å². The summed E-state index contributed by atoms with van der Waals surface area (Å²) in [5.74, 6) is -0.0954. The molecule has 2 unspecified atom stereocenters. The highest BCUT2D eigenvalue weighted by molar-refractivity contribution is 5.80. The molecule has 2 N–H and O–H groups in total. The third-order valence-corrected chi connectivity index (χ3v) is 2.81. The van der Waals surface area contributed by atoms with E-state index in [0.717, 1.165) is 12.8 Å². The number of rotatable bonds is 4. The first-order valence-corrected chi connectivity index (χ1v) is 5.64. The molecule has 0 bridgehead atoms. The van der Waals surface area contributed by atoms with E-state index in [2.05, 4.69) is 10.2 Å². The highest BCUT2D eigenvalue weighted by Crippen LogP contribution is 2.19. The quantitative estimate of drug-likeness (QED) is 0.745. The molecular formula is C10H17F3N2O2. The Morgan fingerprint density at radius 1 is 1.53 bits per heavy atom. The molecule has 0 aromatic carbocycles. The number of hydroxylamine groups is 1. The highest BCUT2D eigenvalue weighted by Gasteiger charge is 2.30. The smallest absolute Gasteiger partial charge is 0.306 e. The van der Waals surface area contributed by atoms with Gasteiger partial charge in [-0.25, -0.2) is 5.48 Å². The topological polar surface area (TPSA) is 50.4 Å². The number of nitrogens with one attached hydrogen (secondary N) is 2. The zero-order valence-electron chi connectivity index (χ0n) is 9.64. The Morgan fingerprint density at radius 3 is 2.82 bits per heavy atom. The number of piperidine rings is 1. The summed E-state index contributed by atoms with van der Waals surface area (Å²) in [4.78, 5) is 15.6. The predicted molar refractivity (Wildman–Crippen MR) is 55.0 cm³/mol. The van der Waals surface area contributed by atoms with Crippen molar-refractivity contribution in [3.05, 3.63) is 0 Å². The Balaban J connectivity index is 2.27.